The van der Waals surface area contributed by atoms with Crippen molar-refractivity contribution in [1.82, 2.24) is 10.1 Å². The Morgan fingerprint density at radius 2 is 2.19 bits per heavy atom. The summed E-state index contributed by atoms with van der Waals surface area (Å²) in [6.45, 7) is 0.0383. The quantitative estimate of drug-likeness (QED) is 0.719. The van der Waals surface area contributed by atoms with Crippen LogP contribution in [0.2, 0.25) is 0 Å². The lowest BCUT2D eigenvalue weighted by Crippen LogP contribution is -1.97. The molecule has 0 unspecified atom stereocenters. The number of furan rings is 1. The second kappa shape index (κ2) is 5.66. The molecule has 6 nitrogen and oxygen atoms in total. The highest BCUT2D eigenvalue weighted by Gasteiger charge is 2.11. The number of ether oxygens (including phenoxy) is 2. The molecule has 0 bridgehead atoms. The fourth-order valence-corrected chi connectivity index (χ4v) is 1.70. The third-order valence-corrected chi connectivity index (χ3v) is 2.73. The first-order chi connectivity index (χ1) is 10.3. The average Bonchev–Trinajstić information content (AvgIpc) is 3.16. The van der Waals surface area contributed by atoms with Gasteiger partial charge in [0.25, 0.3) is 5.89 Å². The number of benzene rings is 1. The smallest absolute Gasteiger partial charge is 0.264 e. The van der Waals surface area contributed by atoms with E-state index in [-0.39, 0.29) is 18.2 Å². The normalized spacial score (nSPS) is 10.6. The summed E-state index contributed by atoms with van der Waals surface area (Å²) in [5.41, 5.74) is 0.709. The average molecular weight is 290 g/mol. The summed E-state index contributed by atoms with van der Waals surface area (Å²) >= 11 is 0. The van der Waals surface area contributed by atoms with Crippen molar-refractivity contribution >= 4 is 0 Å². The predicted molar refractivity (Wildman–Crippen MR) is 69.3 cm³/mol. The van der Waals surface area contributed by atoms with Crippen molar-refractivity contribution in [3.63, 3.8) is 0 Å². The molecule has 0 saturated carbocycles. The fraction of sp³-hybridized carbons (Fsp3) is 0.143. The van der Waals surface area contributed by atoms with E-state index < -0.39 is 5.82 Å². The number of halogens is 1. The molecule has 7 heteroatoms. The zero-order chi connectivity index (χ0) is 14.7. The Morgan fingerprint density at radius 3 is 2.90 bits per heavy atom. The van der Waals surface area contributed by atoms with E-state index in [9.17, 15) is 4.39 Å². The Labute approximate surface area is 119 Å². The van der Waals surface area contributed by atoms with Crippen LogP contribution in [0.1, 0.15) is 5.89 Å². The third-order valence-electron chi connectivity index (χ3n) is 2.73. The molecular formula is C14H11FN2O4. The molecule has 0 aliphatic heterocycles. The van der Waals surface area contributed by atoms with Gasteiger partial charge in [0.05, 0.1) is 18.9 Å². The molecule has 0 fully saturated rings. The third kappa shape index (κ3) is 2.86. The van der Waals surface area contributed by atoms with Gasteiger partial charge >= 0.3 is 0 Å². The Kier molecular flexibility index (Phi) is 3.55. The van der Waals surface area contributed by atoms with Crippen LogP contribution in [0, 0.1) is 5.82 Å². The van der Waals surface area contributed by atoms with Crippen LogP contribution in [0.25, 0.3) is 11.4 Å². The highest BCUT2D eigenvalue weighted by atomic mass is 19.1. The van der Waals surface area contributed by atoms with Gasteiger partial charge in [0.15, 0.2) is 18.2 Å². The molecule has 0 radical (unpaired) electrons. The Bertz CT molecular complexity index is 724. The molecule has 108 valence electrons. The molecule has 2 heterocycles. The number of nitrogens with zero attached hydrogens (tertiary/aromatic N) is 2. The second-order valence-electron chi connectivity index (χ2n) is 4.11. The summed E-state index contributed by atoms with van der Waals surface area (Å²) in [6.07, 6.45) is 3.02. The Balaban J connectivity index is 1.66. The number of hydrogen-bond acceptors (Lipinski definition) is 6. The van der Waals surface area contributed by atoms with Crippen molar-refractivity contribution in [1.29, 1.82) is 0 Å². The molecule has 0 atom stereocenters. The second-order valence-corrected chi connectivity index (χ2v) is 4.11. The van der Waals surface area contributed by atoms with Crippen LogP contribution in [0.5, 0.6) is 11.5 Å². The molecule has 0 N–H and O–H groups in total. The lowest BCUT2D eigenvalue weighted by Gasteiger charge is -2.05. The standard InChI is InChI=1S/C14H11FN2O4/c1-18-12-3-2-10(6-11(12)15)20-8-13-16-14(17-21-13)9-4-5-19-7-9/h2-7H,8H2,1H3. The highest BCUT2D eigenvalue weighted by Crippen LogP contribution is 2.23. The number of hydrogen-bond donors (Lipinski definition) is 0. The minimum absolute atomic E-state index is 0.0383. The summed E-state index contributed by atoms with van der Waals surface area (Å²) in [7, 11) is 1.40. The summed E-state index contributed by atoms with van der Waals surface area (Å²) in [6, 6.07) is 6.02. The van der Waals surface area contributed by atoms with Crippen LogP contribution in [0.4, 0.5) is 4.39 Å². The van der Waals surface area contributed by atoms with Gasteiger partial charge in [-0.2, -0.15) is 4.98 Å². The van der Waals surface area contributed by atoms with E-state index in [2.05, 4.69) is 10.1 Å². The lowest BCUT2D eigenvalue weighted by atomic mass is 10.3. The van der Waals surface area contributed by atoms with Crippen LogP contribution in [-0.4, -0.2) is 17.3 Å². The van der Waals surface area contributed by atoms with Crippen LogP contribution in [0.15, 0.2) is 45.7 Å². The summed E-state index contributed by atoms with van der Waals surface area (Å²) in [5, 5.41) is 3.80. The summed E-state index contributed by atoms with van der Waals surface area (Å²) in [5.74, 6) is 0.684. The molecule has 0 saturated heterocycles. The number of aromatic nitrogens is 2. The number of rotatable bonds is 5. The van der Waals surface area contributed by atoms with E-state index in [1.807, 2.05) is 0 Å². The van der Waals surface area contributed by atoms with Crippen molar-refractivity contribution in [2.45, 2.75) is 6.61 Å². The first-order valence-electron chi connectivity index (χ1n) is 6.08. The lowest BCUT2D eigenvalue weighted by molar-refractivity contribution is 0.241. The van der Waals surface area contributed by atoms with E-state index in [1.54, 1.807) is 12.1 Å². The van der Waals surface area contributed by atoms with Crippen LogP contribution >= 0.6 is 0 Å². The number of methoxy groups -OCH3 is 1. The van der Waals surface area contributed by atoms with Gasteiger partial charge in [-0.3, -0.25) is 0 Å². The first kappa shape index (κ1) is 13.2. The molecule has 0 aliphatic rings. The zero-order valence-electron chi connectivity index (χ0n) is 11.1. The van der Waals surface area contributed by atoms with Gasteiger partial charge in [-0.1, -0.05) is 5.16 Å². The summed E-state index contributed by atoms with van der Waals surface area (Å²) < 4.78 is 33.7. The predicted octanol–water partition coefficient (Wildman–Crippen LogP) is 3.06. The maximum Gasteiger partial charge on any atom is 0.264 e. The van der Waals surface area contributed by atoms with Crippen LogP contribution in [0.3, 0.4) is 0 Å². The van der Waals surface area contributed by atoms with Crippen molar-refractivity contribution in [2.75, 3.05) is 7.11 Å². The van der Waals surface area contributed by atoms with Gasteiger partial charge < -0.3 is 18.4 Å². The molecule has 21 heavy (non-hydrogen) atoms. The molecule has 0 aliphatic carbocycles. The van der Waals surface area contributed by atoms with Gasteiger partial charge in [0, 0.05) is 6.07 Å². The van der Waals surface area contributed by atoms with E-state index in [1.165, 1.54) is 31.8 Å². The SMILES string of the molecule is COc1ccc(OCc2nc(-c3ccoc3)no2)cc1F. The topological polar surface area (TPSA) is 70.5 Å². The van der Waals surface area contributed by atoms with Crippen molar-refractivity contribution in [2.24, 2.45) is 0 Å². The maximum absolute atomic E-state index is 13.5. The van der Waals surface area contributed by atoms with Crippen molar-refractivity contribution in [3.05, 3.63) is 48.5 Å². The fourth-order valence-electron chi connectivity index (χ4n) is 1.70. The van der Waals surface area contributed by atoms with Crippen molar-refractivity contribution in [3.8, 4) is 22.9 Å². The summed E-state index contributed by atoms with van der Waals surface area (Å²) in [4.78, 5) is 4.14. The van der Waals surface area contributed by atoms with Gasteiger partial charge in [-0.15, -0.1) is 0 Å². The first-order valence-corrected chi connectivity index (χ1v) is 6.08. The largest absolute Gasteiger partial charge is 0.494 e. The molecule has 3 aromatic rings. The van der Waals surface area contributed by atoms with Gasteiger partial charge in [-0.05, 0) is 18.2 Å². The van der Waals surface area contributed by atoms with Gasteiger partial charge in [0.2, 0.25) is 5.82 Å². The van der Waals surface area contributed by atoms with E-state index >= 15 is 0 Å². The van der Waals surface area contributed by atoms with E-state index in [0.717, 1.165) is 0 Å². The monoisotopic (exact) mass is 290 g/mol. The molecule has 0 spiro atoms. The molecular weight excluding hydrogens is 279 g/mol. The molecule has 0 amide bonds. The minimum atomic E-state index is -0.500. The minimum Gasteiger partial charge on any atom is -0.494 e. The molecule has 2 aromatic heterocycles. The Hall–Kier alpha value is -2.83. The molecule has 3 rings (SSSR count). The van der Waals surface area contributed by atoms with Gasteiger partial charge in [-0.25, -0.2) is 4.39 Å². The molecule has 1 aromatic carbocycles. The maximum atomic E-state index is 13.5. The Morgan fingerprint density at radius 1 is 1.29 bits per heavy atom. The van der Waals surface area contributed by atoms with Crippen LogP contribution < -0.4 is 9.47 Å². The van der Waals surface area contributed by atoms with E-state index in [0.29, 0.717) is 17.1 Å². The van der Waals surface area contributed by atoms with E-state index in [4.69, 9.17) is 18.4 Å². The van der Waals surface area contributed by atoms with Gasteiger partial charge in [0.1, 0.15) is 12.0 Å². The zero-order valence-corrected chi connectivity index (χ0v) is 11.1. The van der Waals surface area contributed by atoms with Crippen LogP contribution in [-0.2, 0) is 6.61 Å². The van der Waals surface area contributed by atoms with Crippen molar-refractivity contribution < 1.29 is 22.8 Å². The highest BCUT2D eigenvalue weighted by molar-refractivity contribution is 5.51.